The molecule has 0 fully saturated rings. The molecule has 0 bridgehead atoms. The molecule has 0 saturated heterocycles. The monoisotopic (exact) mass is 326 g/mol. The van der Waals surface area contributed by atoms with Crippen LogP contribution in [0.5, 0.6) is 5.75 Å². The third-order valence-corrected chi connectivity index (χ3v) is 2.86. The molecular formula is C11H10BrClF2O2. The zero-order valence-corrected chi connectivity index (χ0v) is 11.1. The van der Waals surface area contributed by atoms with Crippen LogP contribution in [0.1, 0.15) is 22.3 Å². The van der Waals surface area contributed by atoms with Crippen molar-refractivity contribution in [1.82, 2.24) is 0 Å². The van der Waals surface area contributed by atoms with E-state index in [0.29, 0.717) is 16.5 Å². The van der Waals surface area contributed by atoms with E-state index in [1.54, 1.807) is 0 Å². The summed E-state index contributed by atoms with van der Waals surface area (Å²) < 4.78 is 28.5. The highest BCUT2D eigenvalue weighted by atomic mass is 79.9. The van der Waals surface area contributed by atoms with Crippen LogP contribution < -0.4 is 4.74 Å². The Morgan fingerprint density at radius 3 is 2.71 bits per heavy atom. The molecule has 0 spiro atoms. The largest absolute Gasteiger partial charge is 0.435 e. The smallest absolute Gasteiger partial charge is 0.387 e. The Morgan fingerprint density at radius 1 is 1.47 bits per heavy atom. The van der Waals surface area contributed by atoms with Crippen molar-refractivity contribution in [2.45, 2.75) is 18.4 Å². The van der Waals surface area contributed by atoms with Crippen molar-refractivity contribution in [3.8, 4) is 5.75 Å². The Kier molecular flexibility index (Phi) is 5.85. The summed E-state index contributed by atoms with van der Waals surface area (Å²) in [5.41, 5.74) is 0.951. The van der Waals surface area contributed by atoms with Crippen LogP contribution in [0.2, 0.25) is 0 Å². The molecule has 0 amide bonds. The summed E-state index contributed by atoms with van der Waals surface area (Å²) in [5.74, 6) is 0.183. The van der Waals surface area contributed by atoms with Crippen molar-refractivity contribution in [3.05, 3.63) is 29.3 Å². The Labute approximate surface area is 111 Å². The predicted molar refractivity (Wildman–Crippen MR) is 65.4 cm³/mol. The standard InChI is InChI=1S/C11H10BrClF2O2/c12-6-8-5-7(9(16)3-4-13)1-2-10(8)17-11(14)15/h1-2,5,11H,3-4,6H2. The second-order valence-electron chi connectivity index (χ2n) is 3.20. The molecule has 1 aromatic carbocycles. The molecular weight excluding hydrogens is 317 g/mol. The summed E-state index contributed by atoms with van der Waals surface area (Å²) in [7, 11) is 0. The molecule has 0 unspecified atom stereocenters. The van der Waals surface area contributed by atoms with Gasteiger partial charge in [-0.1, -0.05) is 15.9 Å². The number of Topliss-reactive ketones (excluding diaryl/α,β-unsaturated/α-hetero) is 1. The lowest BCUT2D eigenvalue weighted by Gasteiger charge is -2.10. The first-order valence-electron chi connectivity index (χ1n) is 4.81. The Bertz CT molecular complexity index is 399. The summed E-state index contributed by atoms with van der Waals surface area (Å²) in [6.07, 6.45) is 0.221. The highest BCUT2D eigenvalue weighted by Crippen LogP contribution is 2.25. The number of ketones is 1. The lowest BCUT2D eigenvalue weighted by atomic mass is 10.1. The highest BCUT2D eigenvalue weighted by molar-refractivity contribution is 9.08. The lowest BCUT2D eigenvalue weighted by Crippen LogP contribution is -2.06. The van der Waals surface area contributed by atoms with Gasteiger partial charge in [0.25, 0.3) is 0 Å². The lowest BCUT2D eigenvalue weighted by molar-refractivity contribution is -0.0503. The third-order valence-electron chi connectivity index (χ3n) is 2.06. The average Bonchev–Trinajstić information content (AvgIpc) is 2.29. The van der Waals surface area contributed by atoms with Gasteiger partial charge in [-0.3, -0.25) is 4.79 Å². The molecule has 0 heterocycles. The van der Waals surface area contributed by atoms with Crippen LogP contribution in [0.15, 0.2) is 18.2 Å². The number of rotatable bonds is 6. The van der Waals surface area contributed by atoms with Crippen molar-refractivity contribution in [3.63, 3.8) is 0 Å². The summed E-state index contributed by atoms with van der Waals surface area (Å²) in [4.78, 5) is 11.6. The van der Waals surface area contributed by atoms with Crippen LogP contribution in [0.3, 0.4) is 0 Å². The fourth-order valence-electron chi connectivity index (χ4n) is 1.30. The number of halogens is 4. The van der Waals surface area contributed by atoms with Gasteiger partial charge in [-0.15, -0.1) is 11.6 Å². The van der Waals surface area contributed by atoms with Crippen molar-refractivity contribution < 1.29 is 18.3 Å². The van der Waals surface area contributed by atoms with Crippen LogP contribution in [0.4, 0.5) is 8.78 Å². The molecule has 1 aromatic rings. The van der Waals surface area contributed by atoms with Crippen molar-refractivity contribution in [2.24, 2.45) is 0 Å². The Morgan fingerprint density at radius 2 is 2.18 bits per heavy atom. The summed E-state index contributed by atoms with van der Waals surface area (Å²) in [6, 6.07) is 4.35. The first-order valence-corrected chi connectivity index (χ1v) is 6.47. The van der Waals surface area contributed by atoms with E-state index >= 15 is 0 Å². The molecule has 0 aliphatic carbocycles. The van der Waals surface area contributed by atoms with Crippen LogP contribution in [-0.4, -0.2) is 18.3 Å². The van der Waals surface area contributed by atoms with Gasteiger partial charge in [0.05, 0.1) is 0 Å². The fourth-order valence-corrected chi connectivity index (χ4v) is 1.91. The maximum Gasteiger partial charge on any atom is 0.387 e. The zero-order valence-electron chi connectivity index (χ0n) is 8.76. The molecule has 0 N–H and O–H groups in total. The van der Waals surface area contributed by atoms with Gasteiger partial charge in [-0.2, -0.15) is 8.78 Å². The summed E-state index contributed by atoms with van der Waals surface area (Å²) in [5, 5.41) is 0.330. The number of alkyl halides is 4. The van der Waals surface area contributed by atoms with E-state index in [0.717, 1.165) is 0 Å². The zero-order chi connectivity index (χ0) is 12.8. The first-order chi connectivity index (χ1) is 8.08. The van der Waals surface area contributed by atoms with E-state index in [1.807, 2.05) is 0 Å². The van der Waals surface area contributed by atoms with Gasteiger partial charge in [0.2, 0.25) is 0 Å². The normalized spacial score (nSPS) is 10.6. The van der Waals surface area contributed by atoms with E-state index in [2.05, 4.69) is 20.7 Å². The van der Waals surface area contributed by atoms with E-state index in [4.69, 9.17) is 11.6 Å². The number of benzene rings is 1. The van der Waals surface area contributed by atoms with Gasteiger partial charge in [0, 0.05) is 28.8 Å². The minimum Gasteiger partial charge on any atom is -0.435 e. The number of hydrogen-bond acceptors (Lipinski definition) is 2. The maximum absolute atomic E-state index is 12.1. The van der Waals surface area contributed by atoms with Gasteiger partial charge in [0.15, 0.2) is 5.78 Å². The van der Waals surface area contributed by atoms with Gasteiger partial charge in [-0.05, 0) is 18.2 Å². The molecule has 0 radical (unpaired) electrons. The van der Waals surface area contributed by atoms with E-state index in [-0.39, 0.29) is 23.8 Å². The van der Waals surface area contributed by atoms with E-state index in [9.17, 15) is 13.6 Å². The molecule has 1 rings (SSSR count). The first kappa shape index (κ1) is 14.4. The maximum atomic E-state index is 12.1. The highest BCUT2D eigenvalue weighted by Gasteiger charge is 2.12. The third kappa shape index (κ3) is 4.24. The van der Waals surface area contributed by atoms with Crippen molar-refractivity contribution in [1.29, 1.82) is 0 Å². The van der Waals surface area contributed by atoms with Crippen LogP contribution in [-0.2, 0) is 5.33 Å². The minimum atomic E-state index is -2.88. The average molecular weight is 328 g/mol. The molecule has 0 saturated carbocycles. The second kappa shape index (κ2) is 6.91. The van der Waals surface area contributed by atoms with Crippen LogP contribution in [0, 0.1) is 0 Å². The van der Waals surface area contributed by atoms with Crippen molar-refractivity contribution >= 4 is 33.3 Å². The molecule has 0 aromatic heterocycles. The van der Waals surface area contributed by atoms with Crippen molar-refractivity contribution in [2.75, 3.05) is 5.88 Å². The van der Waals surface area contributed by atoms with Gasteiger partial charge >= 0.3 is 6.61 Å². The number of carbonyl (C=O) groups excluding carboxylic acids is 1. The fraction of sp³-hybridized carbons (Fsp3) is 0.364. The second-order valence-corrected chi connectivity index (χ2v) is 4.14. The van der Waals surface area contributed by atoms with Crippen LogP contribution in [0.25, 0.3) is 0 Å². The molecule has 0 atom stereocenters. The Balaban J connectivity index is 2.95. The van der Waals surface area contributed by atoms with Gasteiger partial charge in [0.1, 0.15) is 5.75 Å². The van der Waals surface area contributed by atoms with Gasteiger partial charge in [-0.25, -0.2) is 0 Å². The van der Waals surface area contributed by atoms with E-state index in [1.165, 1.54) is 18.2 Å². The Hall–Kier alpha value is -0.680. The van der Waals surface area contributed by atoms with Crippen LogP contribution >= 0.6 is 27.5 Å². The molecule has 94 valence electrons. The number of carbonyl (C=O) groups is 1. The molecule has 0 aliphatic heterocycles. The number of hydrogen-bond donors (Lipinski definition) is 0. The topological polar surface area (TPSA) is 26.3 Å². The molecule has 2 nitrogen and oxygen atoms in total. The molecule has 0 aliphatic rings. The number of ether oxygens (including phenoxy) is 1. The molecule has 6 heteroatoms. The predicted octanol–water partition coefficient (Wildman–Crippen LogP) is 3.99. The van der Waals surface area contributed by atoms with E-state index < -0.39 is 6.61 Å². The quantitative estimate of drug-likeness (QED) is 0.583. The summed E-state index contributed by atoms with van der Waals surface area (Å²) in [6.45, 7) is -2.88. The minimum absolute atomic E-state index is 0.0688. The SMILES string of the molecule is O=C(CCCl)c1ccc(OC(F)F)c(CBr)c1. The summed E-state index contributed by atoms with van der Waals surface area (Å²) >= 11 is 8.62. The van der Waals surface area contributed by atoms with Gasteiger partial charge < -0.3 is 4.74 Å². The molecule has 17 heavy (non-hydrogen) atoms.